The van der Waals surface area contributed by atoms with Crippen LogP contribution in [0.2, 0.25) is 0 Å². The van der Waals surface area contributed by atoms with E-state index in [1.807, 2.05) is 13.8 Å². The fourth-order valence-corrected chi connectivity index (χ4v) is 2.40. The van der Waals surface area contributed by atoms with Gasteiger partial charge in [0.1, 0.15) is 0 Å². The minimum absolute atomic E-state index is 0.243. The van der Waals surface area contributed by atoms with Gasteiger partial charge < -0.3 is 0 Å². The molecule has 15 heavy (non-hydrogen) atoms. The molecule has 0 bridgehead atoms. The first kappa shape index (κ1) is 14.8. The molecule has 1 aliphatic heterocycles. The van der Waals surface area contributed by atoms with E-state index in [9.17, 15) is 17.2 Å². The lowest BCUT2D eigenvalue weighted by Gasteiger charge is -2.18. The van der Waals surface area contributed by atoms with E-state index in [1.165, 1.54) is 0 Å². The summed E-state index contributed by atoms with van der Waals surface area (Å²) in [4.78, 5) is 0. The normalized spacial score (nSPS) is 19.3. The number of nitrogens with zero attached hydrogens (tertiary/aromatic N) is 1. The van der Waals surface area contributed by atoms with Gasteiger partial charge in [-0.15, -0.1) is 0 Å². The van der Waals surface area contributed by atoms with Gasteiger partial charge in [-0.1, -0.05) is 26.7 Å². The molecule has 0 aromatic carbocycles. The Labute approximate surface area is 90.5 Å². The second-order valence-electron chi connectivity index (χ2n) is 3.12. The van der Waals surface area contributed by atoms with Gasteiger partial charge in [-0.3, -0.25) is 0 Å². The minimum atomic E-state index is -4.32. The van der Waals surface area contributed by atoms with Gasteiger partial charge in [-0.25, -0.2) is 8.42 Å². The Balaban J connectivity index is 0.000000921. The summed E-state index contributed by atoms with van der Waals surface area (Å²) in [7, 11) is -4.32. The number of sulfonamides is 1. The Morgan fingerprint density at radius 2 is 1.40 bits per heavy atom. The van der Waals surface area contributed by atoms with Crippen LogP contribution in [0.1, 0.15) is 39.5 Å². The molecular formula is C9H19F2NO2S. The molecule has 0 N–H and O–H groups in total. The minimum Gasteiger partial charge on any atom is -0.206 e. The smallest absolute Gasteiger partial charge is 0.206 e. The zero-order valence-electron chi connectivity index (χ0n) is 9.25. The van der Waals surface area contributed by atoms with E-state index in [-0.39, 0.29) is 13.1 Å². The predicted molar refractivity (Wildman–Crippen MR) is 56.3 cm³/mol. The maximum Gasteiger partial charge on any atom is 0.350 e. The third-order valence-corrected chi connectivity index (χ3v) is 3.69. The monoisotopic (exact) mass is 243 g/mol. The van der Waals surface area contributed by atoms with Crippen molar-refractivity contribution in [2.75, 3.05) is 13.1 Å². The number of alkyl halides is 2. The Kier molecular flexibility index (Phi) is 7.00. The van der Waals surface area contributed by atoms with E-state index in [0.29, 0.717) is 12.8 Å². The van der Waals surface area contributed by atoms with E-state index in [4.69, 9.17) is 0 Å². The van der Waals surface area contributed by atoms with Crippen molar-refractivity contribution in [2.45, 2.75) is 45.3 Å². The van der Waals surface area contributed by atoms with Gasteiger partial charge in [0.25, 0.3) is 10.0 Å². The van der Waals surface area contributed by atoms with Crippen LogP contribution in [0, 0.1) is 0 Å². The molecule has 0 radical (unpaired) electrons. The summed E-state index contributed by atoms with van der Waals surface area (Å²) in [5.74, 6) is -3.27. The Morgan fingerprint density at radius 3 is 1.73 bits per heavy atom. The number of rotatable bonds is 2. The van der Waals surface area contributed by atoms with Crippen LogP contribution in [0.15, 0.2) is 0 Å². The quantitative estimate of drug-likeness (QED) is 0.747. The molecule has 0 aromatic heterocycles. The molecule has 1 fully saturated rings. The van der Waals surface area contributed by atoms with E-state index in [1.54, 1.807) is 0 Å². The largest absolute Gasteiger partial charge is 0.350 e. The van der Waals surface area contributed by atoms with Crippen LogP contribution < -0.4 is 0 Å². The van der Waals surface area contributed by atoms with Crippen molar-refractivity contribution >= 4 is 10.0 Å². The summed E-state index contributed by atoms with van der Waals surface area (Å²) in [6, 6.07) is 0. The van der Waals surface area contributed by atoms with Crippen molar-refractivity contribution in [3.8, 4) is 0 Å². The number of hydrogen-bond acceptors (Lipinski definition) is 2. The van der Waals surface area contributed by atoms with Crippen LogP contribution in [0.5, 0.6) is 0 Å². The Bertz CT molecular complexity index is 247. The van der Waals surface area contributed by atoms with E-state index >= 15 is 0 Å². The van der Waals surface area contributed by atoms with Crippen molar-refractivity contribution in [3.63, 3.8) is 0 Å². The van der Waals surface area contributed by atoms with Crippen LogP contribution in [-0.2, 0) is 10.0 Å². The molecule has 1 heterocycles. The average molecular weight is 243 g/mol. The zero-order chi connectivity index (χ0) is 11.9. The topological polar surface area (TPSA) is 37.4 Å². The van der Waals surface area contributed by atoms with E-state index in [0.717, 1.165) is 17.1 Å². The summed E-state index contributed by atoms with van der Waals surface area (Å²) >= 11 is 0. The molecule has 1 aliphatic rings. The summed E-state index contributed by atoms with van der Waals surface area (Å²) < 4.78 is 47.1. The zero-order valence-corrected chi connectivity index (χ0v) is 10.1. The van der Waals surface area contributed by atoms with Crippen molar-refractivity contribution in [1.29, 1.82) is 0 Å². The molecule has 3 nitrogen and oxygen atoms in total. The first-order valence-corrected chi connectivity index (χ1v) is 6.82. The third kappa shape index (κ3) is 4.42. The van der Waals surface area contributed by atoms with Crippen LogP contribution >= 0.6 is 0 Å². The molecule has 0 spiro atoms. The van der Waals surface area contributed by atoms with Crippen LogP contribution in [0.4, 0.5) is 8.78 Å². The summed E-state index contributed by atoms with van der Waals surface area (Å²) in [5, 5.41) is 0. The molecule has 0 saturated carbocycles. The third-order valence-electron chi connectivity index (χ3n) is 2.15. The van der Waals surface area contributed by atoms with Gasteiger partial charge in [0, 0.05) is 13.1 Å². The summed E-state index contributed by atoms with van der Waals surface area (Å²) in [5.41, 5.74) is 0. The molecule has 1 saturated heterocycles. The maximum atomic E-state index is 12.1. The van der Waals surface area contributed by atoms with Gasteiger partial charge in [0.2, 0.25) is 0 Å². The number of halogens is 2. The van der Waals surface area contributed by atoms with Crippen LogP contribution in [-0.4, -0.2) is 31.6 Å². The highest BCUT2D eigenvalue weighted by atomic mass is 32.2. The van der Waals surface area contributed by atoms with E-state index < -0.39 is 15.8 Å². The highest BCUT2D eigenvalue weighted by Crippen LogP contribution is 2.17. The molecule has 0 unspecified atom stereocenters. The summed E-state index contributed by atoms with van der Waals surface area (Å²) in [6.45, 7) is 4.49. The SMILES string of the molecule is CC.O=S(=O)(C(F)F)N1CCCCCC1. The second kappa shape index (κ2) is 7.11. The molecule has 0 aromatic rings. The molecule has 1 rings (SSSR count). The predicted octanol–water partition coefficient (Wildman–Crippen LogP) is 2.44. The molecule has 0 aliphatic carbocycles. The number of hydrogen-bond donors (Lipinski definition) is 0. The standard InChI is InChI=1S/C7H13F2NO2S.C2H6/c8-7(9)13(11,12)10-5-3-1-2-4-6-10;1-2/h7H,1-6H2;1-2H3. The maximum absolute atomic E-state index is 12.1. The molecule has 92 valence electrons. The molecular weight excluding hydrogens is 224 g/mol. The first-order valence-electron chi connectivity index (χ1n) is 5.32. The Hall–Kier alpha value is -0.230. The highest BCUT2D eigenvalue weighted by molar-refractivity contribution is 7.89. The fourth-order valence-electron chi connectivity index (χ4n) is 1.41. The molecule has 0 atom stereocenters. The van der Waals surface area contributed by atoms with Crippen molar-refractivity contribution in [3.05, 3.63) is 0 Å². The van der Waals surface area contributed by atoms with Gasteiger partial charge in [0.05, 0.1) is 0 Å². The van der Waals surface area contributed by atoms with Crippen molar-refractivity contribution in [1.82, 2.24) is 4.31 Å². The first-order chi connectivity index (χ1) is 7.05. The lowest BCUT2D eigenvalue weighted by Crippen LogP contribution is -2.35. The van der Waals surface area contributed by atoms with Crippen molar-refractivity contribution in [2.24, 2.45) is 0 Å². The highest BCUT2D eigenvalue weighted by Gasteiger charge is 2.31. The lowest BCUT2D eigenvalue weighted by molar-refractivity contribution is 0.219. The van der Waals surface area contributed by atoms with E-state index in [2.05, 4.69) is 0 Å². The molecule has 0 amide bonds. The average Bonchev–Trinajstić information content (AvgIpc) is 2.49. The van der Waals surface area contributed by atoms with Gasteiger partial charge >= 0.3 is 5.76 Å². The van der Waals surface area contributed by atoms with Gasteiger partial charge in [-0.2, -0.15) is 13.1 Å². The van der Waals surface area contributed by atoms with Gasteiger partial charge in [0.15, 0.2) is 0 Å². The lowest BCUT2D eigenvalue weighted by atomic mass is 10.2. The molecule has 6 heteroatoms. The van der Waals surface area contributed by atoms with Crippen LogP contribution in [0.3, 0.4) is 0 Å². The second-order valence-corrected chi connectivity index (χ2v) is 5.02. The summed E-state index contributed by atoms with van der Waals surface area (Å²) in [6.07, 6.45) is 3.22. The Morgan fingerprint density at radius 1 is 1.00 bits per heavy atom. The van der Waals surface area contributed by atoms with Crippen LogP contribution in [0.25, 0.3) is 0 Å². The van der Waals surface area contributed by atoms with Crippen molar-refractivity contribution < 1.29 is 17.2 Å². The van der Waals surface area contributed by atoms with Gasteiger partial charge in [-0.05, 0) is 12.8 Å². The fraction of sp³-hybridized carbons (Fsp3) is 1.00.